The summed E-state index contributed by atoms with van der Waals surface area (Å²) in [5, 5.41) is 18.6. The first-order valence-corrected chi connectivity index (χ1v) is 14.8. The highest BCUT2D eigenvalue weighted by atomic mass is 16.5. The Balaban J connectivity index is 1.50. The van der Waals surface area contributed by atoms with Crippen LogP contribution in [0.5, 0.6) is 5.75 Å². The number of aldehydes is 1. The van der Waals surface area contributed by atoms with Crippen LogP contribution in [0.3, 0.4) is 0 Å². The molecule has 222 valence electrons. The van der Waals surface area contributed by atoms with E-state index in [2.05, 4.69) is 53.4 Å². The maximum atomic E-state index is 11.4. The second-order valence-electron chi connectivity index (χ2n) is 10.3. The van der Waals surface area contributed by atoms with Crippen LogP contribution in [-0.2, 0) is 9.59 Å². The Kier molecular flexibility index (Phi) is 12.1. The van der Waals surface area contributed by atoms with Crippen LogP contribution in [0.15, 0.2) is 109 Å². The van der Waals surface area contributed by atoms with Crippen LogP contribution in [0, 0.1) is 11.3 Å². The van der Waals surface area contributed by atoms with Crippen LogP contribution < -0.4 is 9.64 Å². The van der Waals surface area contributed by atoms with Gasteiger partial charge in [-0.25, -0.2) is 4.79 Å². The SMILES string of the molecule is N#C/C(=C/c1ccc(/C=C/c2ccc(N(c3ccccc3)c3ccccc3)cc2)cc1OCCCCCCCC=O)C(=O)O. The molecule has 0 aliphatic rings. The molecule has 0 atom stereocenters. The zero-order valence-electron chi connectivity index (χ0n) is 24.6. The summed E-state index contributed by atoms with van der Waals surface area (Å²) in [5.41, 5.74) is 5.29. The highest BCUT2D eigenvalue weighted by molar-refractivity contribution is 5.97. The average Bonchev–Trinajstić information content (AvgIpc) is 3.06. The van der Waals surface area contributed by atoms with Gasteiger partial charge in [0.25, 0.3) is 0 Å². The van der Waals surface area contributed by atoms with Gasteiger partial charge in [-0.1, -0.05) is 92.1 Å². The molecular weight excluding hydrogens is 548 g/mol. The van der Waals surface area contributed by atoms with Crippen molar-refractivity contribution in [1.82, 2.24) is 0 Å². The van der Waals surface area contributed by atoms with E-state index in [4.69, 9.17) is 4.74 Å². The van der Waals surface area contributed by atoms with Crippen molar-refractivity contribution >= 4 is 47.5 Å². The van der Waals surface area contributed by atoms with Crippen molar-refractivity contribution in [3.63, 3.8) is 0 Å². The van der Waals surface area contributed by atoms with E-state index in [1.807, 2.05) is 60.7 Å². The molecular formula is C38H36N2O4. The molecule has 0 aliphatic carbocycles. The Morgan fingerprint density at radius 2 is 1.32 bits per heavy atom. The van der Waals surface area contributed by atoms with Gasteiger partial charge in [0.2, 0.25) is 0 Å². The number of nitrogens with zero attached hydrogens (tertiary/aromatic N) is 2. The smallest absolute Gasteiger partial charge is 0.346 e. The van der Waals surface area contributed by atoms with Crippen molar-refractivity contribution in [3.05, 3.63) is 125 Å². The zero-order chi connectivity index (χ0) is 31.0. The third kappa shape index (κ3) is 9.30. The lowest BCUT2D eigenvalue weighted by Crippen LogP contribution is -2.09. The second kappa shape index (κ2) is 16.9. The standard InChI is InChI=1S/C38H36N2O4/c39-29-33(38(42)43)28-32-22-19-31(27-37(32)44-26-12-4-2-1-3-11-25-41)18-17-30-20-23-36(24-21-30)40(34-13-7-5-8-14-34)35-15-9-6-10-16-35/h5-10,13-25,27-28H,1-4,11-12,26H2,(H,42,43)/b18-17+,33-28-. The van der Waals surface area contributed by atoms with Crippen LogP contribution >= 0.6 is 0 Å². The molecule has 0 fully saturated rings. The van der Waals surface area contributed by atoms with Crippen LogP contribution in [0.1, 0.15) is 55.2 Å². The summed E-state index contributed by atoms with van der Waals surface area (Å²) in [6.07, 6.45) is 11.6. The minimum atomic E-state index is -1.28. The van der Waals surface area contributed by atoms with E-state index in [1.54, 1.807) is 12.1 Å². The van der Waals surface area contributed by atoms with Gasteiger partial charge in [-0.05, 0) is 72.5 Å². The van der Waals surface area contributed by atoms with Gasteiger partial charge in [-0.3, -0.25) is 0 Å². The normalized spacial score (nSPS) is 11.2. The predicted octanol–water partition coefficient (Wildman–Crippen LogP) is 9.24. The fraction of sp³-hybridized carbons (Fsp3) is 0.184. The first-order chi connectivity index (χ1) is 21.6. The topological polar surface area (TPSA) is 90.6 Å². The summed E-state index contributed by atoms with van der Waals surface area (Å²) >= 11 is 0. The minimum absolute atomic E-state index is 0.353. The molecule has 0 heterocycles. The number of rotatable bonds is 16. The predicted molar refractivity (Wildman–Crippen MR) is 177 cm³/mol. The number of benzene rings is 4. The van der Waals surface area contributed by atoms with Gasteiger partial charge >= 0.3 is 5.97 Å². The number of aliphatic carboxylic acids is 1. The summed E-state index contributed by atoms with van der Waals surface area (Å²) in [7, 11) is 0. The van der Waals surface area contributed by atoms with Crippen molar-refractivity contribution in [3.8, 4) is 11.8 Å². The van der Waals surface area contributed by atoms with Gasteiger partial charge in [0.1, 0.15) is 23.7 Å². The van der Waals surface area contributed by atoms with Crippen molar-refractivity contribution in [2.45, 2.75) is 38.5 Å². The van der Waals surface area contributed by atoms with E-state index in [9.17, 15) is 20.0 Å². The van der Waals surface area contributed by atoms with E-state index in [-0.39, 0.29) is 5.57 Å². The van der Waals surface area contributed by atoms with Crippen molar-refractivity contribution in [1.29, 1.82) is 5.26 Å². The number of hydrogen-bond acceptors (Lipinski definition) is 5. The molecule has 4 rings (SSSR count). The van der Waals surface area contributed by atoms with E-state index < -0.39 is 5.97 Å². The number of anilines is 3. The molecule has 4 aromatic rings. The quantitative estimate of drug-likeness (QED) is 0.0464. The van der Waals surface area contributed by atoms with E-state index in [0.29, 0.717) is 24.3 Å². The third-order valence-electron chi connectivity index (χ3n) is 7.06. The Labute approximate surface area is 259 Å². The lowest BCUT2D eigenvalue weighted by atomic mass is 10.1. The van der Waals surface area contributed by atoms with Crippen LogP contribution in [0.25, 0.3) is 18.2 Å². The van der Waals surface area contributed by atoms with Gasteiger partial charge in [-0.15, -0.1) is 0 Å². The highest BCUT2D eigenvalue weighted by Gasteiger charge is 2.12. The Bertz CT molecular complexity index is 1570. The number of carboxylic acids is 1. The Morgan fingerprint density at radius 3 is 1.93 bits per heavy atom. The molecule has 0 aromatic heterocycles. The first kappa shape index (κ1) is 31.5. The third-order valence-corrected chi connectivity index (χ3v) is 7.06. The summed E-state index contributed by atoms with van der Waals surface area (Å²) in [4.78, 5) is 24.1. The maximum absolute atomic E-state index is 11.4. The summed E-state index contributed by atoms with van der Waals surface area (Å²) < 4.78 is 6.07. The summed E-state index contributed by atoms with van der Waals surface area (Å²) in [6, 6.07) is 36.1. The summed E-state index contributed by atoms with van der Waals surface area (Å²) in [5.74, 6) is -0.752. The van der Waals surface area contributed by atoms with Gasteiger partial charge in [0.15, 0.2) is 0 Å². The fourth-order valence-electron chi connectivity index (χ4n) is 4.77. The molecule has 0 spiro atoms. The van der Waals surface area contributed by atoms with Gasteiger partial charge in [-0.2, -0.15) is 5.26 Å². The molecule has 0 unspecified atom stereocenters. The molecule has 6 nitrogen and oxygen atoms in total. The zero-order valence-corrected chi connectivity index (χ0v) is 24.6. The number of unbranched alkanes of at least 4 members (excludes halogenated alkanes) is 5. The Hall–Kier alpha value is -5.41. The fourth-order valence-corrected chi connectivity index (χ4v) is 4.77. The number of hydrogen-bond donors (Lipinski definition) is 1. The largest absolute Gasteiger partial charge is 0.493 e. The average molecular weight is 585 g/mol. The van der Waals surface area contributed by atoms with Crippen LogP contribution in [0.2, 0.25) is 0 Å². The first-order valence-electron chi connectivity index (χ1n) is 14.8. The van der Waals surface area contributed by atoms with E-state index >= 15 is 0 Å². The number of nitriles is 1. The lowest BCUT2D eigenvalue weighted by molar-refractivity contribution is -0.132. The van der Waals surface area contributed by atoms with E-state index in [0.717, 1.165) is 66.6 Å². The molecule has 0 aliphatic heterocycles. The second-order valence-corrected chi connectivity index (χ2v) is 10.3. The molecule has 4 aromatic carbocycles. The highest BCUT2D eigenvalue weighted by Crippen LogP contribution is 2.34. The Morgan fingerprint density at radius 1 is 0.750 bits per heavy atom. The van der Waals surface area contributed by atoms with Gasteiger partial charge < -0.3 is 19.5 Å². The molecule has 0 radical (unpaired) electrons. The molecule has 1 N–H and O–H groups in total. The van der Waals surface area contributed by atoms with Crippen LogP contribution in [0.4, 0.5) is 17.1 Å². The lowest BCUT2D eigenvalue weighted by Gasteiger charge is -2.25. The van der Waals surface area contributed by atoms with E-state index in [1.165, 1.54) is 6.08 Å². The number of carboxylic acid groups (broad SMARTS) is 1. The number of carbonyl (C=O) groups excluding carboxylic acids is 1. The molecule has 0 saturated heterocycles. The number of para-hydroxylation sites is 2. The molecule has 0 bridgehead atoms. The van der Waals surface area contributed by atoms with Crippen LogP contribution in [-0.4, -0.2) is 24.0 Å². The molecule has 0 saturated carbocycles. The van der Waals surface area contributed by atoms with Gasteiger partial charge in [0.05, 0.1) is 6.61 Å². The maximum Gasteiger partial charge on any atom is 0.346 e. The molecule has 6 heteroatoms. The monoisotopic (exact) mass is 584 g/mol. The minimum Gasteiger partial charge on any atom is -0.493 e. The summed E-state index contributed by atoms with van der Waals surface area (Å²) in [6.45, 7) is 0.470. The molecule has 44 heavy (non-hydrogen) atoms. The van der Waals surface area contributed by atoms with Crippen molar-refractivity contribution < 1.29 is 19.4 Å². The molecule has 0 amide bonds. The van der Waals surface area contributed by atoms with Crippen molar-refractivity contribution in [2.75, 3.05) is 11.5 Å². The van der Waals surface area contributed by atoms with Crippen molar-refractivity contribution in [2.24, 2.45) is 0 Å². The number of ether oxygens (including phenoxy) is 1. The number of carbonyl (C=O) groups is 2. The van der Waals surface area contributed by atoms with Gasteiger partial charge in [0, 0.05) is 29.0 Å².